The van der Waals surface area contributed by atoms with E-state index in [-0.39, 0.29) is 18.4 Å². The van der Waals surface area contributed by atoms with Crippen LogP contribution in [0.1, 0.15) is 24.2 Å². The molecule has 1 aromatic heterocycles. The van der Waals surface area contributed by atoms with Gasteiger partial charge in [-0.25, -0.2) is 4.98 Å². The second-order valence-corrected chi connectivity index (χ2v) is 6.13. The number of nitrogens with zero attached hydrogens (tertiary/aromatic N) is 2. The molecular formula is C16H21N3O2S. The molecule has 22 heavy (non-hydrogen) atoms. The summed E-state index contributed by atoms with van der Waals surface area (Å²) >= 11 is 1.57. The molecule has 0 fully saturated rings. The second kappa shape index (κ2) is 7.47. The standard InChI is InChI=1S/C16H21N3O2S/c1-11(2)14(20)10-18-15(21)12-4-6-13(7-5-12)19-9-8-17-16(19)22-3/h4-9,11,14,20H,10H2,1-3H3,(H,18,21). The van der Waals surface area contributed by atoms with E-state index in [2.05, 4.69) is 10.3 Å². The van der Waals surface area contributed by atoms with Gasteiger partial charge < -0.3 is 10.4 Å². The zero-order valence-electron chi connectivity index (χ0n) is 13.0. The highest BCUT2D eigenvalue weighted by Crippen LogP contribution is 2.18. The number of carbonyl (C=O) groups excluding carboxylic acids is 1. The number of hydrogen-bond acceptors (Lipinski definition) is 4. The van der Waals surface area contributed by atoms with E-state index in [1.807, 2.05) is 43.0 Å². The van der Waals surface area contributed by atoms with Crippen LogP contribution in [0.4, 0.5) is 0 Å². The van der Waals surface area contributed by atoms with Gasteiger partial charge in [-0.3, -0.25) is 9.36 Å². The Hall–Kier alpha value is -1.79. The first-order valence-electron chi connectivity index (χ1n) is 7.17. The van der Waals surface area contributed by atoms with Crippen LogP contribution >= 0.6 is 11.8 Å². The first-order valence-corrected chi connectivity index (χ1v) is 8.39. The number of nitrogens with one attached hydrogen (secondary N) is 1. The maximum atomic E-state index is 12.0. The highest BCUT2D eigenvalue weighted by atomic mass is 32.2. The van der Waals surface area contributed by atoms with Gasteiger partial charge in [-0.2, -0.15) is 0 Å². The van der Waals surface area contributed by atoms with Gasteiger partial charge in [-0.1, -0.05) is 25.6 Å². The van der Waals surface area contributed by atoms with Crippen LogP contribution in [0.3, 0.4) is 0 Å². The molecule has 0 saturated heterocycles. The summed E-state index contributed by atoms with van der Waals surface area (Å²) in [5, 5.41) is 13.4. The van der Waals surface area contributed by atoms with Crippen molar-refractivity contribution in [2.24, 2.45) is 5.92 Å². The number of thioether (sulfide) groups is 1. The highest BCUT2D eigenvalue weighted by molar-refractivity contribution is 7.98. The summed E-state index contributed by atoms with van der Waals surface area (Å²) in [6, 6.07) is 7.32. The van der Waals surface area contributed by atoms with Crippen LogP contribution in [-0.4, -0.2) is 39.5 Å². The zero-order valence-corrected chi connectivity index (χ0v) is 13.8. The molecule has 5 nitrogen and oxygen atoms in total. The number of carbonyl (C=O) groups is 1. The molecule has 0 spiro atoms. The number of amides is 1. The lowest BCUT2D eigenvalue weighted by atomic mass is 10.1. The molecule has 0 aliphatic carbocycles. The molecule has 2 N–H and O–H groups in total. The van der Waals surface area contributed by atoms with Gasteiger partial charge in [0.1, 0.15) is 0 Å². The predicted octanol–water partition coefficient (Wildman–Crippen LogP) is 2.34. The molecule has 0 bridgehead atoms. The minimum absolute atomic E-state index is 0.119. The fraction of sp³-hybridized carbons (Fsp3) is 0.375. The lowest BCUT2D eigenvalue weighted by Gasteiger charge is -2.15. The number of aliphatic hydroxyl groups is 1. The molecular weight excluding hydrogens is 298 g/mol. The fourth-order valence-corrected chi connectivity index (χ4v) is 2.47. The van der Waals surface area contributed by atoms with E-state index in [4.69, 9.17) is 0 Å². The van der Waals surface area contributed by atoms with Crippen molar-refractivity contribution in [2.45, 2.75) is 25.1 Å². The third kappa shape index (κ3) is 3.90. The number of benzene rings is 1. The molecule has 6 heteroatoms. The minimum Gasteiger partial charge on any atom is -0.391 e. The molecule has 0 aliphatic heterocycles. The van der Waals surface area contributed by atoms with Gasteiger partial charge >= 0.3 is 0 Å². The SMILES string of the molecule is CSc1nccn1-c1ccc(C(=O)NCC(O)C(C)C)cc1. The van der Waals surface area contributed by atoms with Crippen molar-refractivity contribution in [3.8, 4) is 5.69 Å². The van der Waals surface area contributed by atoms with Gasteiger partial charge in [0.15, 0.2) is 5.16 Å². The summed E-state index contributed by atoms with van der Waals surface area (Å²) in [6.07, 6.45) is 5.08. The lowest BCUT2D eigenvalue weighted by molar-refractivity contribution is 0.0871. The first-order chi connectivity index (χ1) is 10.5. The van der Waals surface area contributed by atoms with Gasteiger partial charge in [0.05, 0.1) is 6.10 Å². The summed E-state index contributed by atoms with van der Waals surface area (Å²) in [5.41, 5.74) is 1.53. The molecule has 1 aromatic carbocycles. The number of rotatable bonds is 6. The Morgan fingerprint density at radius 1 is 1.36 bits per heavy atom. The molecule has 118 valence electrons. The Morgan fingerprint density at radius 2 is 2.05 bits per heavy atom. The third-order valence-corrected chi connectivity index (χ3v) is 4.11. The monoisotopic (exact) mass is 319 g/mol. The molecule has 0 saturated carbocycles. The third-order valence-electron chi connectivity index (χ3n) is 3.44. The van der Waals surface area contributed by atoms with E-state index < -0.39 is 6.10 Å². The zero-order chi connectivity index (χ0) is 16.1. The van der Waals surface area contributed by atoms with Gasteiger partial charge in [-0.15, -0.1) is 0 Å². The highest BCUT2D eigenvalue weighted by Gasteiger charge is 2.12. The first kappa shape index (κ1) is 16.6. The van der Waals surface area contributed by atoms with Crippen LogP contribution in [-0.2, 0) is 0 Å². The summed E-state index contributed by atoms with van der Waals surface area (Å²) in [5.74, 6) is -0.0594. The summed E-state index contributed by atoms with van der Waals surface area (Å²) in [7, 11) is 0. The predicted molar refractivity (Wildman–Crippen MR) is 88.5 cm³/mol. The molecule has 2 aromatic rings. The van der Waals surface area contributed by atoms with Gasteiger partial charge in [0, 0.05) is 30.2 Å². The van der Waals surface area contributed by atoms with E-state index in [0.717, 1.165) is 10.8 Å². The van der Waals surface area contributed by atoms with Gasteiger partial charge in [-0.05, 0) is 36.4 Å². The average molecular weight is 319 g/mol. The maximum absolute atomic E-state index is 12.0. The Morgan fingerprint density at radius 3 is 2.64 bits per heavy atom. The van der Waals surface area contributed by atoms with Gasteiger partial charge in [0.25, 0.3) is 5.91 Å². The summed E-state index contributed by atoms with van der Waals surface area (Å²) in [4.78, 5) is 16.3. The van der Waals surface area contributed by atoms with E-state index in [0.29, 0.717) is 5.56 Å². The van der Waals surface area contributed by atoms with Crippen molar-refractivity contribution in [2.75, 3.05) is 12.8 Å². The summed E-state index contributed by atoms with van der Waals surface area (Å²) < 4.78 is 1.97. The Labute approximate surface area is 134 Å². The molecule has 0 aliphatic rings. The Balaban J connectivity index is 2.04. The van der Waals surface area contributed by atoms with Crippen molar-refractivity contribution >= 4 is 17.7 Å². The average Bonchev–Trinajstić information content (AvgIpc) is 3.00. The van der Waals surface area contributed by atoms with Gasteiger partial charge in [0.2, 0.25) is 0 Å². The maximum Gasteiger partial charge on any atom is 0.251 e. The van der Waals surface area contributed by atoms with Crippen molar-refractivity contribution < 1.29 is 9.90 Å². The quantitative estimate of drug-likeness (QED) is 0.802. The van der Waals surface area contributed by atoms with E-state index in [1.54, 1.807) is 30.1 Å². The van der Waals surface area contributed by atoms with E-state index in [1.165, 1.54) is 0 Å². The van der Waals surface area contributed by atoms with Crippen LogP contribution < -0.4 is 5.32 Å². The molecule has 1 amide bonds. The van der Waals surface area contributed by atoms with Crippen LogP contribution in [0, 0.1) is 5.92 Å². The van der Waals surface area contributed by atoms with Crippen LogP contribution in [0.5, 0.6) is 0 Å². The van der Waals surface area contributed by atoms with Crippen LogP contribution in [0.2, 0.25) is 0 Å². The molecule has 1 heterocycles. The number of aromatic nitrogens is 2. The molecule has 1 atom stereocenters. The van der Waals surface area contributed by atoms with Crippen LogP contribution in [0.15, 0.2) is 41.8 Å². The van der Waals surface area contributed by atoms with E-state index in [9.17, 15) is 9.90 Å². The minimum atomic E-state index is -0.529. The normalized spacial score (nSPS) is 12.4. The topological polar surface area (TPSA) is 67.2 Å². The van der Waals surface area contributed by atoms with Crippen molar-refractivity contribution in [1.82, 2.24) is 14.9 Å². The number of imidazole rings is 1. The molecule has 0 radical (unpaired) electrons. The smallest absolute Gasteiger partial charge is 0.251 e. The molecule has 2 rings (SSSR count). The van der Waals surface area contributed by atoms with Crippen molar-refractivity contribution in [3.63, 3.8) is 0 Å². The second-order valence-electron chi connectivity index (χ2n) is 5.35. The summed E-state index contributed by atoms with van der Waals surface area (Å²) in [6.45, 7) is 4.09. The van der Waals surface area contributed by atoms with Crippen molar-refractivity contribution in [1.29, 1.82) is 0 Å². The molecule has 1 unspecified atom stereocenters. The van der Waals surface area contributed by atoms with Crippen LogP contribution in [0.25, 0.3) is 5.69 Å². The fourth-order valence-electron chi connectivity index (χ4n) is 1.95. The van der Waals surface area contributed by atoms with E-state index >= 15 is 0 Å². The number of aliphatic hydroxyl groups excluding tert-OH is 1. The lowest BCUT2D eigenvalue weighted by Crippen LogP contribution is -2.34. The Kier molecular flexibility index (Phi) is 5.63. The van der Waals surface area contributed by atoms with Crippen molar-refractivity contribution in [3.05, 3.63) is 42.2 Å². The number of hydrogen-bond donors (Lipinski definition) is 2. The Bertz CT molecular complexity index is 623. The largest absolute Gasteiger partial charge is 0.391 e.